The molecule has 1 aromatic rings. The summed E-state index contributed by atoms with van der Waals surface area (Å²) in [6, 6.07) is 1.73. The van der Waals surface area contributed by atoms with Crippen LogP contribution in [0.15, 0.2) is 6.07 Å². The van der Waals surface area contributed by atoms with Crippen LogP contribution in [0.1, 0.15) is 27.0 Å². The summed E-state index contributed by atoms with van der Waals surface area (Å²) in [5, 5.41) is 8.90. The third kappa shape index (κ3) is 1.85. The van der Waals surface area contributed by atoms with E-state index in [0.29, 0.717) is 5.56 Å². The fourth-order valence-corrected chi connectivity index (χ4v) is 1.94. The van der Waals surface area contributed by atoms with Gasteiger partial charge >= 0.3 is 5.97 Å². The molecule has 1 rings (SSSR count). The van der Waals surface area contributed by atoms with E-state index in [1.807, 2.05) is 20.8 Å². The lowest BCUT2D eigenvalue weighted by Gasteiger charge is -2.09. The summed E-state index contributed by atoms with van der Waals surface area (Å²) in [7, 11) is 0. The normalized spacial score (nSPS) is 10.2. The summed E-state index contributed by atoms with van der Waals surface area (Å²) in [4.78, 5) is 10.8. The van der Waals surface area contributed by atoms with Gasteiger partial charge in [0.1, 0.15) is 0 Å². The van der Waals surface area contributed by atoms with Crippen LogP contribution in [0.5, 0.6) is 0 Å². The van der Waals surface area contributed by atoms with Crippen molar-refractivity contribution in [2.75, 3.05) is 0 Å². The zero-order chi connectivity index (χ0) is 10.2. The molecule has 70 valence electrons. The summed E-state index contributed by atoms with van der Waals surface area (Å²) >= 11 is 2.19. The van der Waals surface area contributed by atoms with E-state index in [9.17, 15) is 4.79 Å². The zero-order valence-electron chi connectivity index (χ0n) is 7.81. The number of rotatable bonds is 1. The number of aryl methyl sites for hydroxylation is 1. The fourth-order valence-electron chi connectivity index (χ4n) is 1.23. The Kier molecular flexibility index (Phi) is 2.95. The van der Waals surface area contributed by atoms with Crippen LogP contribution in [-0.4, -0.2) is 11.1 Å². The maximum Gasteiger partial charge on any atom is 0.335 e. The smallest absolute Gasteiger partial charge is 0.335 e. The molecule has 3 heteroatoms. The van der Waals surface area contributed by atoms with Crippen LogP contribution in [0, 0.1) is 24.3 Å². The highest BCUT2D eigenvalue weighted by molar-refractivity contribution is 14.1. The first-order valence-corrected chi connectivity index (χ1v) is 5.02. The van der Waals surface area contributed by atoms with Gasteiger partial charge in [-0.05, 0) is 66.1 Å². The lowest BCUT2D eigenvalue weighted by molar-refractivity contribution is 0.0696. The standard InChI is InChI=1S/C10H11IO2/c1-5-4-8(10(12)13)7(3)9(11)6(5)2/h4H,1-3H3,(H,12,13). The lowest BCUT2D eigenvalue weighted by atomic mass is 10.0. The van der Waals surface area contributed by atoms with E-state index in [1.54, 1.807) is 6.07 Å². The Labute approximate surface area is 91.1 Å². The maximum absolute atomic E-state index is 10.8. The molecule has 0 bridgehead atoms. The Hall–Kier alpha value is -0.580. The van der Waals surface area contributed by atoms with Crippen molar-refractivity contribution in [3.8, 4) is 0 Å². The molecule has 1 N–H and O–H groups in total. The number of aromatic carboxylic acids is 1. The molecule has 0 heterocycles. The average molecular weight is 290 g/mol. The number of carboxylic acids is 1. The van der Waals surface area contributed by atoms with Gasteiger partial charge in [0.25, 0.3) is 0 Å². The predicted molar refractivity (Wildman–Crippen MR) is 60.3 cm³/mol. The van der Waals surface area contributed by atoms with Crippen LogP contribution in [0.2, 0.25) is 0 Å². The van der Waals surface area contributed by atoms with Crippen molar-refractivity contribution in [3.63, 3.8) is 0 Å². The third-order valence-electron chi connectivity index (χ3n) is 2.25. The van der Waals surface area contributed by atoms with E-state index in [2.05, 4.69) is 22.6 Å². The Bertz CT molecular complexity index is 370. The quantitative estimate of drug-likeness (QED) is 0.807. The van der Waals surface area contributed by atoms with Gasteiger partial charge in [-0.15, -0.1) is 0 Å². The molecular weight excluding hydrogens is 279 g/mol. The fraction of sp³-hybridized carbons (Fsp3) is 0.300. The second-order valence-electron chi connectivity index (χ2n) is 3.11. The molecule has 0 radical (unpaired) electrons. The summed E-state index contributed by atoms with van der Waals surface area (Å²) in [6.45, 7) is 5.79. The molecule has 0 saturated carbocycles. The minimum Gasteiger partial charge on any atom is -0.478 e. The Morgan fingerprint density at radius 1 is 1.31 bits per heavy atom. The van der Waals surface area contributed by atoms with Crippen molar-refractivity contribution in [1.82, 2.24) is 0 Å². The van der Waals surface area contributed by atoms with Crippen LogP contribution < -0.4 is 0 Å². The summed E-state index contributed by atoms with van der Waals surface area (Å²) in [6.07, 6.45) is 0. The second kappa shape index (κ2) is 3.65. The Morgan fingerprint density at radius 3 is 2.31 bits per heavy atom. The largest absolute Gasteiger partial charge is 0.478 e. The first-order chi connectivity index (χ1) is 5.95. The maximum atomic E-state index is 10.8. The van der Waals surface area contributed by atoms with Crippen molar-refractivity contribution >= 4 is 28.6 Å². The van der Waals surface area contributed by atoms with Gasteiger partial charge in [-0.2, -0.15) is 0 Å². The van der Waals surface area contributed by atoms with E-state index < -0.39 is 5.97 Å². The zero-order valence-corrected chi connectivity index (χ0v) is 9.97. The minimum absolute atomic E-state index is 0.410. The van der Waals surface area contributed by atoms with Gasteiger partial charge in [0, 0.05) is 3.57 Å². The molecule has 0 amide bonds. The van der Waals surface area contributed by atoms with Crippen LogP contribution in [-0.2, 0) is 0 Å². The average Bonchev–Trinajstić information content (AvgIpc) is 2.07. The number of halogens is 1. The number of hydrogen-bond donors (Lipinski definition) is 1. The second-order valence-corrected chi connectivity index (χ2v) is 4.19. The van der Waals surface area contributed by atoms with Crippen molar-refractivity contribution in [2.24, 2.45) is 0 Å². The number of carbonyl (C=O) groups is 1. The van der Waals surface area contributed by atoms with Gasteiger partial charge in [-0.1, -0.05) is 0 Å². The molecule has 13 heavy (non-hydrogen) atoms. The van der Waals surface area contributed by atoms with Gasteiger partial charge < -0.3 is 5.11 Å². The topological polar surface area (TPSA) is 37.3 Å². The SMILES string of the molecule is Cc1cc(C(=O)O)c(C)c(I)c1C. The van der Waals surface area contributed by atoms with Gasteiger partial charge in [0.05, 0.1) is 5.56 Å². The van der Waals surface area contributed by atoms with Crippen molar-refractivity contribution in [2.45, 2.75) is 20.8 Å². The number of hydrogen-bond acceptors (Lipinski definition) is 1. The molecule has 0 spiro atoms. The van der Waals surface area contributed by atoms with Crippen LogP contribution in [0.25, 0.3) is 0 Å². The molecule has 0 aliphatic rings. The van der Waals surface area contributed by atoms with Crippen molar-refractivity contribution in [3.05, 3.63) is 31.9 Å². The van der Waals surface area contributed by atoms with E-state index in [0.717, 1.165) is 14.7 Å². The highest BCUT2D eigenvalue weighted by Crippen LogP contribution is 2.23. The van der Waals surface area contributed by atoms with Gasteiger partial charge in [0.15, 0.2) is 0 Å². The molecule has 2 nitrogen and oxygen atoms in total. The van der Waals surface area contributed by atoms with E-state index in [1.165, 1.54) is 5.56 Å². The van der Waals surface area contributed by atoms with Gasteiger partial charge in [0.2, 0.25) is 0 Å². The van der Waals surface area contributed by atoms with Gasteiger partial charge in [-0.25, -0.2) is 4.79 Å². The minimum atomic E-state index is -0.849. The predicted octanol–water partition coefficient (Wildman–Crippen LogP) is 2.91. The molecule has 0 aliphatic carbocycles. The molecule has 0 saturated heterocycles. The van der Waals surface area contributed by atoms with E-state index in [4.69, 9.17) is 5.11 Å². The third-order valence-corrected chi connectivity index (χ3v) is 3.86. The number of carboxylic acid groups (broad SMARTS) is 1. The molecule has 0 unspecified atom stereocenters. The van der Waals surface area contributed by atoms with Crippen molar-refractivity contribution < 1.29 is 9.90 Å². The molecule has 1 aromatic carbocycles. The van der Waals surface area contributed by atoms with Crippen LogP contribution in [0.4, 0.5) is 0 Å². The molecule has 0 aliphatic heterocycles. The first-order valence-electron chi connectivity index (χ1n) is 3.94. The highest BCUT2D eigenvalue weighted by Gasteiger charge is 2.12. The van der Waals surface area contributed by atoms with Crippen molar-refractivity contribution in [1.29, 1.82) is 0 Å². The Balaban J connectivity index is 3.50. The van der Waals surface area contributed by atoms with E-state index >= 15 is 0 Å². The Morgan fingerprint density at radius 2 is 1.85 bits per heavy atom. The monoisotopic (exact) mass is 290 g/mol. The summed E-state index contributed by atoms with van der Waals surface area (Å²) < 4.78 is 1.05. The highest BCUT2D eigenvalue weighted by atomic mass is 127. The van der Waals surface area contributed by atoms with E-state index in [-0.39, 0.29) is 0 Å². The molecule has 0 aromatic heterocycles. The number of benzene rings is 1. The molecular formula is C10H11IO2. The van der Waals surface area contributed by atoms with Crippen LogP contribution >= 0.6 is 22.6 Å². The van der Waals surface area contributed by atoms with Crippen LogP contribution in [0.3, 0.4) is 0 Å². The lowest BCUT2D eigenvalue weighted by Crippen LogP contribution is -2.04. The summed E-state index contributed by atoms with van der Waals surface area (Å²) in [5.74, 6) is -0.849. The first kappa shape index (κ1) is 10.5. The summed E-state index contributed by atoms with van der Waals surface area (Å²) in [5.41, 5.74) is 3.47. The molecule has 0 fully saturated rings. The molecule has 0 atom stereocenters. The van der Waals surface area contributed by atoms with Gasteiger partial charge in [-0.3, -0.25) is 0 Å².